The second-order valence-electron chi connectivity index (χ2n) is 5.64. The normalized spacial score (nSPS) is 11.0. The molecule has 0 bridgehead atoms. The smallest absolute Gasteiger partial charge is 0.261 e. The van der Waals surface area contributed by atoms with Crippen LogP contribution >= 0.6 is 0 Å². The minimum Gasteiger partial charge on any atom is -0.497 e. The van der Waals surface area contributed by atoms with Gasteiger partial charge in [-0.25, -0.2) is 8.42 Å². The summed E-state index contributed by atoms with van der Waals surface area (Å²) in [5.41, 5.74) is 0.553. The number of aryl methyl sites for hydroxylation is 1. The highest BCUT2D eigenvalue weighted by Gasteiger charge is 2.17. The lowest BCUT2D eigenvalue weighted by molar-refractivity contribution is 0.102. The number of benzene rings is 2. The van der Waals surface area contributed by atoms with E-state index in [0.29, 0.717) is 17.2 Å². The summed E-state index contributed by atoms with van der Waals surface area (Å²) in [7, 11) is -2.34. The number of ether oxygens (including phenoxy) is 1. The van der Waals surface area contributed by atoms with Crippen molar-refractivity contribution in [3.8, 4) is 5.75 Å². The van der Waals surface area contributed by atoms with E-state index in [1.807, 2.05) is 0 Å². The fourth-order valence-electron chi connectivity index (χ4n) is 2.29. The number of rotatable bonds is 6. The molecule has 1 aromatic heterocycles. The van der Waals surface area contributed by atoms with Gasteiger partial charge >= 0.3 is 0 Å². The van der Waals surface area contributed by atoms with Crippen LogP contribution < -0.4 is 14.8 Å². The average Bonchev–Trinajstić information content (AvgIpc) is 3.07. The van der Waals surface area contributed by atoms with Crippen molar-refractivity contribution < 1.29 is 22.5 Å². The zero-order valence-corrected chi connectivity index (χ0v) is 15.4. The molecule has 9 heteroatoms. The quantitative estimate of drug-likeness (QED) is 0.673. The SMILES string of the molecule is COc1ccc(NS(=O)(=O)c2cccc(C(=O)Nc3cc(C)on3)c2)cc1. The molecule has 140 valence electrons. The van der Waals surface area contributed by atoms with Gasteiger partial charge in [-0.2, -0.15) is 0 Å². The molecule has 3 aromatic rings. The van der Waals surface area contributed by atoms with E-state index >= 15 is 0 Å². The Balaban J connectivity index is 1.79. The van der Waals surface area contributed by atoms with Crippen LogP contribution in [0.3, 0.4) is 0 Å². The van der Waals surface area contributed by atoms with Crippen LogP contribution in [0.15, 0.2) is 64.0 Å². The van der Waals surface area contributed by atoms with Crippen molar-refractivity contribution >= 4 is 27.4 Å². The molecule has 0 atom stereocenters. The summed E-state index contributed by atoms with van der Waals surface area (Å²) < 4.78 is 37.6. The second kappa shape index (κ2) is 7.50. The number of hydrogen-bond donors (Lipinski definition) is 2. The van der Waals surface area contributed by atoms with Crippen molar-refractivity contribution in [2.75, 3.05) is 17.1 Å². The maximum atomic E-state index is 12.6. The number of amides is 1. The number of nitrogens with zero attached hydrogens (tertiary/aromatic N) is 1. The van der Waals surface area contributed by atoms with Gasteiger partial charge < -0.3 is 14.6 Å². The number of hydrogen-bond acceptors (Lipinski definition) is 6. The fourth-order valence-corrected chi connectivity index (χ4v) is 3.40. The van der Waals surface area contributed by atoms with Gasteiger partial charge in [-0.15, -0.1) is 0 Å². The third-order valence-corrected chi connectivity index (χ3v) is 5.00. The predicted octanol–water partition coefficient (Wildman–Crippen LogP) is 3.04. The minimum absolute atomic E-state index is 0.0395. The zero-order chi connectivity index (χ0) is 19.4. The Morgan fingerprint density at radius 3 is 2.48 bits per heavy atom. The van der Waals surface area contributed by atoms with Gasteiger partial charge in [0.2, 0.25) is 0 Å². The topological polar surface area (TPSA) is 111 Å². The minimum atomic E-state index is -3.86. The lowest BCUT2D eigenvalue weighted by atomic mass is 10.2. The van der Waals surface area contributed by atoms with Crippen molar-refractivity contribution in [1.29, 1.82) is 0 Å². The molecule has 3 rings (SSSR count). The first-order chi connectivity index (χ1) is 12.9. The first-order valence-corrected chi connectivity index (χ1v) is 9.37. The molecule has 0 aliphatic heterocycles. The van der Waals surface area contributed by atoms with Crippen LogP contribution in [-0.2, 0) is 10.0 Å². The van der Waals surface area contributed by atoms with Gasteiger partial charge in [0.15, 0.2) is 5.82 Å². The fraction of sp³-hybridized carbons (Fsp3) is 0.111. The van der Waals surface area contributed by atoms with E-state index in [-0.39, 0.29) is 16.3 Å². The lowest BCUT2D eigenvalue weighted by Crippen LogP contribution is -2.16. The van der Waals surface area contributed by atoms with Gasteiger partial charge in [0, 0.05) is 17.3 Å². The van der Waals surface area contributed by atoms with E-state index in [9.17, 15) is 13.2 Å². The molecule has 2 aromatic carbocycles. The van der Waals surface area contributed by atoms with Gasteiger partial charge in [0.25, 0.3) is 15.9 Å². The summed E-state index contributed by atoms with van der Waals surface area (Å²) in [6.45, 7) is 1.70. The number of nitrogens with one attached hydrogen (secondary N) is 2. The number of aromatic nitrogens is 1. The van der Waals surface area contributed by atoms with E-state index < -0.39 is 15.9 Å². The molecule has 0 aliphatic carbocycles. The molecule has 0 saturated carbocycles. The Kier molecular flexibility index (Phi) is 5.13. The van der Waals surface area contributed by atoms with Crippen LogP contribution in [0.4, 0.5) is 11.5 Å². The van der Waals surface area contributed by atoms with Crippen molar-refractivity contribution in [2.24, 2.45) is 0 Å². The molecular formula is C18H17N3O5S. The maximum Gasteiger partial charge on any atom is 0.261 e. The molecule has 0 unspecified atom stereocenters. The van der Waals surface area contributed by atoms with Crippen molar-refractivity contribution in [2.45, 2.75) is 11.8 Å². The van der Waals surface area contributed by atoms with Gasteiger partial charge in [-0.1, -0.05) is 11.2 Å². The molecule has 0 saturated heterocycles. The average molecular weight is 387 g/mol. The second-order valence-corrected chi connectivity index (χ2v) is 7.32. The third kappa shape index (κ3) is 4.45. The van der Waals surface area contributed by atoms with Crippen molar-refractivity contribution in [3.05, 3.63) is 65.9 Å². The van der Waals surface area contributed by atoms with Crippen LogP contribution in [0.5, 0.6) is 5.75 Å². The standard InChI is InChI=1S/C18H17N3O5S/c1-12-10-17(20-26-12)19-18(22)13-4-3-5-16(11-13)27(23,24)21-14-6-8-15(25-2)9-7-14/h3-11,21H,1-2H3,(H,19,20,22). The van der Waals surface area contributed by atoms with E-state index in [2.05, 4.69) is 15.2 Å². The number of carbonyl (C=O) groups excluding carboxylic acids is 1. The highest BCUT2D eigenvalue weighted by molar-refractivity contribution is 7.92. The molecule has 0 fully saturated rings. The third-order valence-electron chi connectivity index (χ3n) is 3.62. The zero-order valence-electron chi connectivity index (χ0n) is 14.6. The molecular weight excluding hydrogens is 370 g/mol. The molecule has 0 radical (unpaired) electrons. The summed E-state index contributed by atoms with van der Waals surface area (Å²) in [6, 6.07) is 13.7. The Bertz CT molecular complexity index is 1060. The van der Waals surface area contributed by atoms with Gasteiger partial charge in [-0.05, 0) is 49.4 Å². The summed E-state index contributed by atoms with van der Waals surface area (Å²) in [6.07, 6.45) is 0. The molecule has 1 heterocycles. The molecule has 1 amide bonds. The number of methoxy groups -OCH3 is 1. The Hall–Kier alpha value is -3.33. The maximum absolute atomic E-state index is 12.6. The van der Waals surface area contributed by atoms with E-state index in [0.717, 1.165) is 0 Å². The van der Waals surface area contributed by atoms with Crippen LogP contribution in [-0.4, -0.2) is 26.6 Å². The largest absolute Gasteiger partial charge is 0.497 e. The summed E-state index contributed by atoms with van der Waals surface area (Å²) in [5.74, 6) is 0.914. The monoisotopic (exact) mass is 387 g/mol. The Labute approximate surface area is 156 Å². The van der Waals surface area contributed by atoms with Crippen LogP contribution in [0.2, 0.25) is 0 Å². The molecule has 27 heavy (non-hydrogen) atoms. The number of anilines is 2. The predicted molar refractivity (Wildman–Crippen MR) is 99.4 cm³/mol. The molecule has 0 spiro atoms. The van der Waals surface area contributed by atoms with Crippen molar-refractivity contribution in [3.63, 3.8) is 0 Å². The van der Waals surface area contributed by atoms with Gasteiger partial charge in [0.1, 0.15) is 11.5 Å². The van der Waals surface area contributed by atoms with Crippen LogP contribution in [0.1, 0.15) is 16.1 Å². The molecule has 2 N–H and O–H groups in total. The van der Waals surface area contributed by atoms with Gasteiger partial charge in [0.05, 0.1) is 12.0 Å². The van der Waals surface area contributed by atoms with Crippen molar-refractivity contribution in [1.82, 2.24) is 5.16 Å². The first kappa shape index (κ1) is 18.5. The van der Waals surface area contributed by atoms with E-state index in [4.69, 9.17) is 9.26 Å². The summed E-state index contributed by atoms with van der Waals surface area (Å²) >= 11 is 0. The molecule has 0 aliphatic rings. The Morgan fingerprint density at radius 1 is 1.11 bits per heavy atom. The summed E-state index contributed by atoms with van der Waals surface area (Å²) in [5, 5.41) is 6.22. The van der Waals surface area contributed by atoms with Crippen LogP contribution in [0, 0.1) is 6.92 Å². The van der Waals surface area contributed by atoms with Gasteiger partial charge in [-0.3, -0.25) is 9.52 Å². The number of carbonyl (C=O) groups is 1. The summed E-state index contributed by atoms with van der Waals surface area (Å²) in [4.78, 5) is 12.3. The molecule has 8 nitrogen and oxygen atoms in total. The highest BCUT2D eigenvalue weighted by atomic mass is 32.2. The van der Waals surface area contributed by atoms with E-state index in [1.165, 1.54) is 31.4 Å². The van der Waals surface area contributed by atoms with Crippen LogP contribution in [0.25, 0.3) is 0 Å². The number of sulfonamides is 1. The first-order valence-electron chi connectivity index (χ1n) is 7.89. The van der Waals surface area contributed by atoms with E-state index in [1.54, 1.807) is 37.3 Å². The highest BCUT2D eigenvalue weighted by Crippen LogP contribution is 2.20. The lowest BCUT2D eigenvalue weighted by Gasteiger charge is -2.10. The Morgan fingerprint density at radius 2 is 1.85 bits per heavy atom.